The number of amides is 1. The van der Waals surface area contributed by atoms with Gasteiger partial charge in [0.25, 0.3) is 0 Å². The number of benzene rings is 2. The van der Waals surface area contributed by atoms with Crippen LogP contribution in [0.5, 0.6) is 11.5 Å². The molecule has 1 amide bonds. The van der Waals surface area contributed by atoms with Gasteiger partial charge in [0.15, 0.2) is 0 Å². The van der Waals surface area contributed by atoms with E-state index in [1.165, 1.54) is 16.8 Å². The van der Waals surface area contributed by atoms with Crippen LogP contribution in [0.15, 0.2) is 42.5 Å². The number of aryl methyl sites for hydroxylation is 2. The fourth-order valence-electron chi connectivity index (χ4n) is 3.12. The standard InChI is InChI=1S/C21H26N2O3/c1-16-6-7-18(14-17(16)2)22-9-11-23(12-10-22)21(25)8-13-26-20-5-3-4-19(24)15-20/h3-7,14-15,24H,8-13H2,1-2H3. The molecule has 0 bridgehead atoms. The normalized spacial score (nSPS) is 14.4. The van der Waals surface area contributed by atoms with Crippen LogP contribution in [0.3, 0.4) is 0 Å². The predicted molar refractivity (Wildman–Crippen MR) is 103 cm³/mol. The molecule has 0 atom stereocenters. The summed E-state index contributed by atoms with van der Waals surface area (Å²) in [6, 6.07) is 13.2. The lowest BCUT2D eigenvalue weighted by Gasteiger charge is -2.36. The highest BCUT2D eigenvalue weighted by atomic mass is 16.5. The van der Waals surface area contributed by atoms with Crippen molar-refractivity contribution in [3.63, 3.8) is 0 Å². The van der Waals surface area contributed by atoms with Gasteiger partial charge in [0, 0.05) is 37.9 Å². The number of carbonyl (C=O) groups excluding carboxylic acids is 1. The Balaban J connectivity index is 1.45. The van der Waals surface area contributed by atoms with Crippen LogP contribution >= 0.6 is 0 Å². The van der Waals surface area contributed by atoms with Crippen LogP contribution < -0.4 is 9.64 Å². The van der Waals surface area contributed by atoms with Crippen molar-refractivity contribution >= 4 is 11.6 Å². The Morgan fingerprint density at radius 1 is 1.04 bits per heavy atom. The second-order valence-electron chi connectivity index (χ2n) is 6.73. The first-order chi connectivity index (χ1) is 12.5. The number of rotatable bonds is 5. The molecule has 0 saturated carbocycles. The monoisotopic (exact) mass is 354 g/mol. The van der Waals surface area contributed by atoms with Crippen molar-refractivity contribution in [2.24, 2.45) is 0 Å². The minimum atomic E-state index is 0.116. The summed E-state index contributed by atoms with van der Waals surface area (Å²) in [6.07, 6.45) is 0.347. The van der Waals surface area contributed by atoms with Gasteiger partial charge in [-0.05, 0) is 49.2 Å². The molecule has 1 heterocycles. The van der Waals surface area contributed by atoms with E-state index in [2.05, 4.69) is 36.9 Å². The van der Waals surface area contributed by atoms with Gasteiger partial charge in [0.1, 0.15) is 11.5 Å². The average molecular weight is 354 g/mol. The third-order valence-electron chi connectivity index (χ3n) is 4.89. The summed E-state index contributed by atoms with van der Waals surface area (Å²) in [7, 11) is 0. The van der Waals surface area contributed by atoms with Crippen molar-refractivity contribution < 1.29 is 14.6 Å². The van der Waals surface area contributed by atoms with Crippen molar-refractivity contribution in [1.82, 2.24) is 4.90 Å². The minimum Gasteiger partial charge on any atom is -0.508 e. The van der Waals surface area contributed by atoms with Gasteiger partial charge in [-0.1, -0.05) is 12.1 Å². The Labute approximate surface area is 154 Å². The van der Waals surface area contributed by atoms with E-state index in [-0.39, 0.29) is 11.7 Å². The van der Waals surface area contributed by atoms with E-state index in [0.29, 0.717) is 18.8 Å². The first-order valence-corrected chi connectivity index (χ1v) is 9.05. The summed E-state index contributed by atoms with van der Waals surface area (Å²) in [6.45, 7) is 7.73. The number of anilines is 1. The maximum atomic E-state index is 12.4. The molecule has 0 spiro atoms. The second kappa shape index (κ2) is 8.13. The summed E-state index contributed by atoms with van der Waals surface area (Å²) in [5.41, 5.74) is 3.83. The quantitative estimate of drug-likeness (QED) is 0.896. The van der Waals surface area contributed by atoms with Crippen LogP contribution in [0.1, 0.15) is 17.5 Å². The summed E-state index contributed by atoms with van der Waals surface area (Å²) < 4.78 is 5.55. The molecule has 5 heteroatoms. The molecule has 1 aliphatic heterocycles. The number of ether oxygens (including phenoxy) is 1. The fourth-order valence-corrected chi connectivity index (χ4v) is 3.12. The molecule has 0 radical (unpaired) electrons. The Hall–Kier alpha value is -2.69. The number of phenols is 1. The molecule has 0 aromatic heterocycles. The topological polar surface area (TPSA) is 53.0 Å². The van der Waals surface area contributed by atoms with E-state index in [1.54, 1.807) is 24.3 Å². The number of nitrogens with zero attached hydrogens (tertiary/aromatic N) is 2. The first kappa shape index (κ1) is 18.1. The third kappa shape index (κ3) is 4.48. The van der Waals surface area contributed by atoms with Crippen LogP contribution in [0, 0.1) is 13.8 Å². The van der Waals surface area contributed by atoms with Crippen molar-refractivity contribution in [1.29, 1.82) is 0 Å². The molecule has 1 fully saturated rings. The molecule has 1 N–H and O–H groups in total. The molecule has 2 aromatic rings. The summed E-state index contributed by atoms with van der Waals surface area (Å²) in [5, 5.41) is 9.42. The minimum absolute atomic E-state index is 0.116. The molecule has 1 saturated heterocycles. The van der Waals surface area contributed by atoms with Gasteiger partial charge in [-0.25, -0.2) is 0 Å². The zero-order valence-corrected chi connectivity index (χ0v) is 15.4. The number of phenolic OH excluding ortho intramolecular Hbond substituents is 1. The third-order valence-corrected chi connectivity index (χ3v) is 4.89. The average Bonchev–Trinajstić information content (AvgIpc) is 2.64. The van der Waals surface area contributed by atoms with Crippen LogP contribution in [0.4, 0.5) is 5.69 Å². The van der Waals surface area contributed by atoms with Crippen LogP contribution in [-0.2, 0) is 4.79 Å². The molecule has 138 valence electrons. The number of carbonyl (C=O) groups is 1. The maximum Gasteiger partial charge on any atom is 0.226 e. The molecular formula is C21H26N2O3. The second-order valence-corrected chi connectivity index (χ2v) is 6.73. The number of hydrogen-bond acceptors (Lipinski definition) is 4. The van der Waals surface area contributed by atoms with E-state index in [0.717, 1.165) is 26.2 Å². The highest BCUT2D eigenvalue weighted by Crippen LogP contribution is 2.21. The SMILES string of the molecule is Cc1ccc(N2CCN(C(=O)CCOc3cccc(O)c3)CC2)cc1C. The van der Waals surface area contributed by atoms with Gasteiger partial charge in [-0.15, -0.1) is 0 Å². The van der Waals surface area contributed by atoms with Gasteiger partial charge >= 0.3 is 0 Å². The Morgan fingerprint density at radius 2 is 1.81 bits per heavy atom. The maximum absolute atomic E-state index is 12.4. The fraction of sp³-hybridized carbons (Fsp3) is 0.381. The van der Waals surface area contributed by atoms with Crippen LogP contribution in [0.2, 0.25) is 0 Å². The Morgan fingerprint density at radius 3 is 2.50 bits per heavy atom. The van der Waals surface area contributed by atoms with Crippen molar-refractivity contribution in [2.45, 2.75) is 20.3 Å². The van der Waals surface area contributed by atoms with Gasteiger partial charge in [-0.3, -0.25) is 4.79 Å². The predicted octanol–water partition coefficient (Wildman–Crippen LogP) is 3.13. The van der Waals surface area contributed by atoms with E-state index in [1.807, 2.05) is 4.90 Å². The van der Waals surface area contributed by atoms with Crippen molar-refractivity contribution in [3.8, 4) is 11.5 Å². The van der Waals surface area contributed by atoms with Gasteiger partial charge in [0.2, 0.25) is 5.91 Å². The van der Waals surface area contributed by atoms with Crippen molar-refractivity contribution in [2.75, 3.05) is 37.7 Å². The van der Waals surface area contributed by atoms with E-state index in [4.69, 9.17) is 4.74 Å². The highest BCUT2D eigenvalue weighted by molar-refractivity contribution is 5.76. The molecule has 0 aliphatic carbocycles. The van der Waals surface area contributed by atoms with E-state index in [9.17, 15) is 9.90 Å². The molecule has 0 unspecified atom stereocenters. The van der Waals surface area contributed by atoms with Crippen molar-refractivity contribution in [3.05, 3.63) is 53.6 Å². The number of hydrogen-bond donors (Lipinski definition) is 1. The van der Waals surface area contributed by atoms with Crippen LogP contribution in [0.25, 0.3) is 0 Å². The molecular weight excluding hydrogens is 328 g/mol. The molecule has 1 aliphatic rings. The lowest BCUT2D eigenvalue weighted by atomic mass is 10.1. The molecule has 3 rings (SSSR count). The largest absolute Gasteiger partial charge is 0.508 e. The Bertz CT molecular complexity index is 768. The van der Waals surface area contributed by atoms with Gasteiger partial charge in [-0.2, -0.15) is 0 Å². The van der Waals surface area contributed by atoms with Gasteiger partial charge < -0.3 is 19.6 Å². The molecule has 2 aromatic carbocycles. The van der Waals surface area contributed by atoms with Gasteiger partial charge in [0.05, 0.1) is 13.0 Å². The summed E-state index contributed by atoms with van der Waals surface area (Å²) >= 11 is 0. The lowest BCUT2D eigenvalue weighted by molar-refractivity contribution is -0.132. The lowest BCUT2D eigenvalue weighted by Crippen LogP contribution is -2.49. The molecule has 5 nitrogen and oxygen atoms in total. The zero-order valence-electron chi connectivity index (χ0n) is 15.4. The first-order valence-electron chi connectivity index (χ1n) is 9.05. The Kier molecular flexibility index (Phi) is 5.66. The van der Waals surface area contributed by atoms with E-state index >= 15 is 0 Å². The number of piperazine rings is 1. The smallest absolute Gasteiger partial charge is 0.226 e. The molecule has 26 heavy (non-hydrogen) atoms. The number of aromatic hydroxyl groups is 1. The van der Waals surface area contributed by atoms with E-state index < -0.39 is 0 Å². The van der Waals surface area contributed by atoms with Crippen LogP contribution in [-0.4, -0.2) is 48.7 Å². The highest BCUT2D eigenvalue weighted by Gasteiger charge is 2.21. The summed E-state index contributed by atoms with van der Waals surface area (Å²) in [4.78, 5) is 16.6. The summed E-state index contributed by atoms with van der Waals surface area (Å²) in [5.74, 6) is 0.860. The zero-order chi connectivity index (χ0) is 18.5.